The maximum absolute atomic E-state index is 14.9. The molecule has 1 saturated carbocycles. The van der Waals surface area contributed by atoms with Gasteiger partial charge in [-0.3, -0.25) is 14.8 Å². The molecule has 0 unspecified atom stereocenters. The van der Waals surface area contributed by atoms with E-state index < -0.39 is 21.9 Å². The highest BCUT2D eigenvalue weighted by Gasteiger charge is 2.69. The summed E-state index contributed by atoms with van der Waals surface area (Å²) in [7, 11) is 0. The van der Waals surface area contributed by atoms with Crippen molar-refractivity contribution >= 4 is 73.1 Å². The van der Waals surface area contributed by atoms with E-state index in [4.69, 9.17) is 5.73 Å². The fourth-order valence-corrected chi connectivity index (χ4v) is 6.60. The maximum atomic E-state index is 14.9. The van der Waals surface area contributed by atoms with E-state index in [1.54, 1.807) is 25.1 Å². The Morgan fingerprint density at radius 2 is 2.20 bits per heavy atom. The molecule has 1 aromatic heterocycles. The van der Waals surface area contributed by atoms with E-state index in [2.05, 4.69) is 25.9 Å². The summed E-state index contributed by atoms with van der Waals surface area (Å²) in [6, 6.07) is 7.63. The first-order valence-electron chi connectivity index (χ1n) is 9.12. The summed E-state index contributed by atoms with van der Waals surface area (Å²) in [5.41, 5.74) is 6.03. The van der Waals surface area contributed by atoms with Crippen LogP contribution in [0.15, 0.2) is 46.0 Å². The molecule has 2 heterocycles. The number of benzene rings is 1. The lowest BCUT2D eigenvalue weighted by molar-refractivity contribution is -0.117. The zero-order valence-electron chi connectivity index (χ0n) is 15.8. The van der Waals surface area contributed by atoms with Crippen LogP contribution in [0, 0.1) is 11.7 Å². The molecule has 2 aromatic rings. The van der Waals surface area contributed by atoms with Crippen LogP contribution < -0.4 is 5.73 Å². The number of fused-ring (bicyclic) bond motifs is 1. The van der Waals surface area contributed by atoms with Crippen molar-refractivity contribution in [1.29, 1.82) is 0 Å². The number of Topliss-reactive ketones (excluding diaryl/α,β-unsaturated/α-hetero) is 1. The number of aliphatic imine (C=N–C) groups is 1. The van der Waals surface area contributed by atoms with Crippen molar-refractivity contribution < 1.29 is 13.6 Å². The number of hydrogen-bond acceptors (Lipinski definition) is 5. The Hall–Kier alpha value is -1.33. The molecule has 156 valence electrons. The number of nitrogens with two attached hydrogens (primary N) is 1. The predicted octanol–water partition coefficient (Wildman–Crippen LogP) is 5.49. The number of thioether (sulfide) groups is 1. The number of carbonyl (C=O) groups is 1. The van der Waals surface area contributed by atoms with E-state index in [9.17, 15) is 13.6 Å². The Bertz CT molecular complexity index is 1090. The fraction of sp³-hybridized carbons (Fsp3) is 0.286. The Morgan fingerprint density at radius 1 is 1.43 bits per heavy atom. The molecule has 1 aliphatic carbocycles. The topological polar surface area (TPSA) is 68.3 Å². The van der Waals surface area contributed by atoms with Gasteiger partial charge in [0, 0.05) is 22.2 Å². The second-order valence-electron chi connectivity index (χ2n) is 7.50. The van der Waals surface area contributed by atoms with Gasteiger partial charge < -0.3 is 5.73 Å². The largest absolute Gasteiger partial charge is 0.378 e. The fourth-order valence-electron chi connectivity index (χ4n) is 4.01. The van der Waals surface area contributed by atoms with Crippen LogP contribution in [0.5, 0.6) is 0 Å². The van der Waals surface area contributed by atoms with E-state index >= 15 is 0 Å². The lowest BCUT2D eigenvalue weighted by Gasteiger charge is -2.33. The number of ketones is 1. The third-order valence-corrected chi connectivity index (χ3v) is 8.12. The van der Waals surface area contributed by atoms with E-state index in [1.165, 1.54) is 36.2 Å². The highest BCUT2D eigenvalue weighted by atomic mass is 127. The molecule has 4 rings (SSSR count). The summed E-state index contributed by atoms with van der Waals surface area (Å²) in [4.78, 5) is 21.2. The lowest BCUT2D eigenvalue weighted by Crippen LogP contribution is -2.39. The Labute approximate surface area is 199 Å². The molecule has 1 aromatic carbocycles. The summed E-state index contributed by atoms with van der Waals surface area (Å²) < 4.78 is 30.0. The monoisotopic (exact) mass is 603 g/mol. The Balaban J connectivity index is 1.73. The average Bonchev–Trinajstić information content (AvgIpc) is 3.45. The highest BCUT2D eigenvalue weighted by Crippen LogP contribution is 2.66. The summed E-state index contributed by atoms with van der Waals surface area (Å²) in [6.07, 6.45) is 3.41. The number of amidine groups is 1. The van der Waals surface area contributed by atoms with Crippen molar-refractivity contribution in [2.75, 3.05) is 4.43 Å². The zero-order valence-corrected chi connectivity index (χ0v) is 20.4. The first-order chi connectivity index (χ1) is 14.2. The van der Waals surface area contributed by atoms with Gasteiger partial charge >= 0.3 is 0 Å². The lowest BCUT2D eigenvalue weighted by atomic mass is 9.84. The molecule has 1 fully saturated rings. The summed E-state index contributed by atoms with van der Waals surface area (Å²) in [5.74, 6) is -1.06. The van der Waals surface area contributed by atoms with Crippen molar-refractivity contribution in [2.45, 2.75) is 23.6 Å². The van der Waals surface area contributed by atoms with Gasteiger partial charge in [-0.05, 0) is 65.2 Å². The first kappa shape index (κ1) is 21.9. The first-order valence-corrected chi connectivity index (χ1v) is 12.3. The van der Waals surface area contributed by atoms with Gasteiger partial charge in [-0.2, -0.15) is 0 Å². The number of nitrogens with zero attached hydrogens (tertiary/aromatic N) is 2. The molecule has 30 heavy (non-hydrogen) atoms. The molecule has 0 amide bonds. The molecule has 1 aliphatic heterocycles. The Kier molecular flexibility index (Phi) is 5.82. The molecule has 4 nitrogen and oxygen atoms in total. The van der Waals surface area contributed by atoms with Gasteiger partial charge in [0.15, 0.2) is 11.0 Å². The molecule has 0 bridgehead atoms. The van der Waals surface area contributed by atoms with E-state index in [1.807, 2.05) is 22.6 Å². The van der Waals surface area contributed by atoms with Crippen LogP contribution >= 0.6 is 50.3 Å². The molecule has 0 radical (unpaired) electrons. The number of halogens is 4. The van der Waals surface area contributed by atoms with Crippen molar-refractivity contribution in [3.05, 3.63) is 63.6 Å². The number of aromatic nitrogens is 1. The Morgan fingerprint density at radius 3 is 2.87 bits per heavy atom. The number of carbonyl (C=O) groups excluding carboxylic acids is 1. The van der Waals surface area contributed by atoms with Gasteiger partial charge in [-0.1, -0.05) is 40.4 Å². The van der Waals surface area contributed by atoms with Crippen LogP contribution in [0.25, 0.3) is 11.9 Å². The van der Waals surface area contributed by atoms with Gasteiger partial charge in [0.2, 0.25) is 0 Å². The number of pyridine rings is 1. The van der Waals surface area contributed by atoms with Gasteiger partial charge in [-0.25, -0.2) is 8.78 Å². The minimum Gasteiger partial charge on any atom is -0.378 e. The van der Waals surface area contributed by atoms with Crippen LogP contribution in [0.4, 0.5) is 8.78 Å². The smallest absolute Gasteiger partial charge is 0.159 e. The van der Waals surface area contributed by atoms with Crippen molar-refractivity contribution in [3.63, 3.8) is 0 Å². The minimum absolute atomic E-state index is 0.0889. The van der Waals surface area contributed by atoms with Crippen LogP contribution in [0.1, 0.15) is 30.2 Å². The van der Waals surface area contributed by atoms with Crippen molar-refractivity contribution in [1.82, 2.24) is 4.98 Å². The third kappa shape index (κ3) is 3.73. The minimum atomic E-state index is -0.989. The van der Waals surface area contributed by atoms with E-state index in [-0.39, 0.29) is 22.6 Å². The molecular formula is C21H17BrF2IN3OS. The molecule has 0 saturated heterocycles. The molecule has 2 N–H and O–H groups in total. The summed E-state index contributed by atoms with van der Waals surface area (Å²) in [6.45, 7) is 1.80. The second kappa shape index (κ2) is 7.98. The van der Waals surface area contributed by atoms with E-state index in [0.717, 1.165) is 4.47 Å². The standard InChI is InChI=1S/C21H17BrF2IN3OS/c1-20(17-8-21(17,18(29)9-25)30-19(26)28-20)13-6-11(2-4-14(13)23)7-15(24)16-5-3-12(22)10-27-16/h2-7,10,17H,8-9H2,1H3,(H2,26,28)/b15-7+/t17-,20+,21-/m0/s1. The molecule has 3 atom stereocenters. The number of rotatable bonds is 5. The normalized spacial score (nSPS) is 28.0. The van der Waals surface area contributed by atoms with Crippen LogP contribution in [0.2, 0.25) is 0 Å². The SMILES string of the molecule is C[C@]1(c2cc(/C=C(/F)c3ccc(Br)cn3)ccc2F)N=C(N)S[C@@]2(C(=O)CI)C[C@H]21. The number of hydrogen-bond donors (Lipinski definition) is 1. The predicted molar refractivity (Wildman–Crippen MR) is 129 cm³/mol. The van der Waals surface area contributed by atoms with Crippen LogP contribution in [-0.4, -0.2) is 25.1 Å². The van der Waals surface area contributed by atoms with Gasteiger partial charge in [-0.15, -0.1) is 0 Å². The molecule has 0 spiro atoms. The number of alkyl halides is 1. The van der Waals surface area contributed by atoms with Gasteiger partial charge in [0.05, 0.1) is 20.4 Å². The quantitative estimate of drug-likeness (QED) is 0.362. The maximum Gasteiger partial charge on any atom is 0.159 e. The molecule has 9 heteroatoms. The van der Waals surface area contributed by atoms with Crippen molar-refractivity contribution in [2.24, 2.45) is 16.6 Å². The average molecular weight is 604 g/mol. The second-order valence-corrected chi connectivity index (χ2v) is 10.5. The van der Waals surface area contributed by atoms with Gasteiger partial charge in [0.25, 0.3) is 0 Å². The summed E-state index contributed by atoms with van der Waals surface area (Å²) >= 11 is 6.59. The van der Waals surface area contributed by atoms with Crippen LogP contribution in [-0.2, 0) is 10.3 Å². The summed E-state index contributed by atoms with van der Waals surface area (Å²) in [5, 5.41) is 0.273. The van der Waals surface area contributed by atoms with Gasteiger partial charge in [0.1, 0.15) is 11.6 Å². The van der Waals surface area contributed by atoms with E-state index in [0.29, 0.717) is 22.0 Å². The third-order valence-electron chi connectivity index (χ3n) is 5.61. The van der Waals surface area contributed by atoms with Crippen molar-refractivity contribution in [3.8, 4) is 0 Å². The zero-order chi connectivity index (χ0) is 21.7. The van der Waals surface area contributed by atoms with Crippen LogP contribution in [0.3, 0.4) is 0 Å². The highest BCUT2D eigenvalue weighted by molar-refractivity contribution is 14.1. The molecular weight excluding hydrogens is 587 g/mol. The molecule has 2 aliphatic rings.